The number of rotatable bonds is 4. The third kappa shape index (κ3) is 9.85. The molecule has 0 aliphatic rings. The second-order valence-corrected chi connectivity index (χ2v) is 6.49. The van der Waals surface area contributed by atoms with Crippen LogP contribution in [0.5, 0.6) is 0 Å². The molecule has 0 aliphatic heterocycles. The molecule has 1 atom stereocenters. The molecule has 100 valence electrons. The number of amides is 1. The minimum absolute atomic E-state index is 0.150. The Hall–Kier alpha value is -1.06. The number of alkyl carbamates (subject to hydrolysis) is 1. The van der Waals surface area contributed by atoms with Gasteiger partial charge in [0, 0.05) is 0 Å². The Morgan fingerprint density at radius 2 is 1.76 bits per heavy atom. The molecular weight excluding hydrogens is 218 g/mol. The van der Waals surface area contributed by atoms with E-state index in [0.29, 0.717) is 6.42 Å². The molecule has 0 saturated carbocycles. The number of hydrogen-bond donors (Lipinski definition) is 1. The minimum Gasteiger partial charge on any atom is -0.444 e. The predicted octanol–water partition coefficient (Wildman–Crippen LogP) is 2.90. The second-order valence-electron chi connectivity index (χ2n) is 6.49. The highest BCUT2D eigenvalue weighted by Crippen LogP contribution is 2.21. The van der Waals surface area contributed by atoms with Gasteiger partial charge in [-0.05, 0) is 39.0 Å². The van der Waals surface area contributed by atoms with Crippen molar-refractivity contribution >= 4 is 12.4 Å². The lowest BCUT2D eigenvalue weighted by Gasteiger charge is -2.23. The van der Waals surface area contributed by atoms with Crippen molar-refractivity contribution in [2.75, 3.05) is 0 Å². The molecule has 1 amide bonds. The fraction of sp³-hybridized carbons (Fsp3) is 0.846. The van der Waals surface area contributed by atoms with E-state index in [1.807, 2.05) is 0 Å². The molecule has 0 aliphatic carbocycles. The second kappa shape index (κ2) is 6.03. The van der Waals surface area contributed by atoms with E-state index in [1.165, 1.54) is 0 Å². The van der Waals surface area contributed by atoms with Gasteiger partial charge in [-0.25, -0.2) is 4.79 Å². The molecule has 0 fully saturated rings. The van der Waals surface area contributed by atoms with E-state index in [-0.39, 0.29) is 5.41 Å². The summed E-state index contributed by atoms with van der Waals surface area (Å²) in [6, 6.07) is -0.468. The highest BCUT2D eigenvalue weighted by Gasteiger charge is 2.20. The molecular formula is C13H25NO3. The summed E-state index contributed by atoms with van der Waals surface area (Å²) in [4.78, 5) is 22.3. The highest BCUT2D eigenvalue weighted by molar-refractivity contribution is 5.73. The Kier molecular flexibility index (Phi) is 5.66. The van der Waals surface area contributed by atoms with Gasteiger partial charge in [0.1, 0.15) is 11.9 Å². The summed E-state index contributed by atoms with van der Waals surface area (Å²) in [6.45, 7) is 11.7. The Morgan fingerprint density at radius 1 is 1.24 bits per heavy atom. The van der Waals surface area contributed by atoms with Crippen LogP contribution >= 0.6 is 0 Å². The zero-order valence-corrected chi connectivity index (χ0v) is 11.8. The first-order chi connectivity index (χ1) is 7.53. The van der Waals surface area contributed by atoms with Crippen molar-refractivity contribution < 1.29 is 14.3 Å². The van der Waals surface area contributed by atoms with E-state index >= 15 is 0 Å². The average Bonchev–Trinajstić information content (AvgIpc) is 2.07. The Bertz CT molecular complexity index is 261. The molecule has 0 unspecified atom stereocenters. The average molecular weight is 243 g/mol. The van der Waals surface area contributed by atoms with Crippen molar-refractivity contribution in [3.63, 3.8) is 0 Å². The van der Waals surface area contributed by atoms with E-state index in [9.17, 15) is 9.59 Å². The molecule has 0 aromatic carbocycles. The van der Waals surface area contributed by atoms with Crippen molar-refractivity contribution in [3.8, 4) is 0 Å². The smallest absolute Gasteiger partial charge is 0.408 e. The van der Waals surface area contributed by atoms with Crippen LogP contribution in [0.4, 0.5) is 4.79 Å². The quantitative estimate of drug-likeness (QED) is 0.772. The Labute approximate surface area is 104 Å². The molecule has 0 heterocycles. The SMILES string of the molecule is CC(C)(C)CC[C@H](C=O)NC(=O)OC(C)(C)C. The molecule has 0 spiro atoms. The predicted molar refractivity (Wildman–Crippen MR) is 67.9 cm³/mol. The number of nitrogens with one attached hydrogen (secondary N) is 1. The Morgan fingerprint density at radius 3 is 2.12 bits per heavy atom. The van der Waals surface area contributed by atoms with Crippen LogP contribution < -0.4 is 5.32 Å². The van der Waals surface area contributed by atoms with Gasteiger partial charge in [0.15, 0.2) is 0 Å². The maximum absolute atomic E-state index is 11.5. The molecule has 0 saturated heterocycles. The van der Waals surface area contributed by atoms with Crippen molar-refractivity contribution in [1.29, 1.82) is 0 Å². The van der Waals surface area contributed by atoms with Gasteiger partial charge >= 0.3 is 6.09 Å². The van der Waals surface area contributed by atoms with Crippen molar-refractivity contribution in [3.05, 3.63) is 0 Å². The molecule has 17 heavy (non-hydrogen) atoms. The fourth-order valence-corrected chi connectivity index (χ4v) is 1.22. The van der Waals surface area contributed by atoms with Gasteiger partial charge in [-0.3, -0.25) is 0 Å². The lowest BCUT2D eigenvalue weighted by molar-refractivity contribution is -0.109. The summed E-state index contributed by atoms with van der Waals surface area (Å²) >= 11 is 0. The van der Waals surface area contributed by atoms with Crippen LogP contribution in [0.3, 0.4) is 0 Å². The maximum Gasteiger partial charge on any atom is 0.408 e. The van der Waals surface area contributed by atoms with E-state index in [1.54, 1.807) is 20.8 Å². The van der Waals surface area contributed by atoms with Crippen LogP contribution in [0.25, 0.3) is 0 Å². The van der Waals surface area contributed by atoms with Crippen molar-refractivity contribution in [1.82, 2.24) is 5.32 Å². The van der Waals surface area contributed by atoms with E-state index < -0.39 is 17.7 Å². The zero-order valence-electron chi connectivity index (χ0n) is 11.8. The first-order valence-electron chi connectivity index (χ1n) is 5.98. The number of hydrogen-bond acceptors (Lipinski definition) is 3. The largest absolute Gasteiger partial charge is 0.444 e. The summed E-state index contributed by atoms with van der Waals surface area (Å²) in [5.74, 6) is 0. The van der Waals surface area contributed by atoms with Gasteiger partial charge in [0.05, 0.1) is 6.04 Å². The van der Waals surface area contributed by atoms with Crippen molar-refractivity contribution in [2.45, 2.75) is 66.0 Å². The van der Waals surface area contributed by atoms with E-state index in [0.717, 1.165) is 12.7 Å². The molecule has 0 bridgehead atoms. The molecule has 0 rings (SSSR count). The van der Waals surface area contributed by atoms with Crippen LogP contribution in [0.2, 0.25) is 0 Å². The van der Waals surface area contributed by atoms with Crippen LogP contribution in [0.15, 0.2) is 0 Å². The molecule has 4 nitrogen and oxygen atoms in total. The Balaban J connectivity index is 4.14. The van der Waals surface area contributed by atoms with Gasteiger partial charge in [-0.15, -0.1) is 0 Å². The monoisotopic (exact) mass is 243 g/mol. The minimum atomic E-state index is -0.540. The number of aldehydes is 1. The van der Waals surface area contributed by atoms with Gasteiger partial charge in [0.25, 0.3) is 0 Å². The van der Waals surface area contributed by atoms with E-state index in [2.05, 4.69) is 26.1 Å². The van der Waals surface area contributed by atoms with Crippen LogP contribution in [0, 0.1) is 5.41 Å². The van der Waals surface area contributed by atoms with Crippen LogP contribution in [-0.4, -0.2) is 24.0 Å². The van der Waals surface area contributed by atoms with Gasteiger partial charge in [0.2, 0.25) is 0 Å². The van der Waals surface area contributed by atoms with Gasteiger partial charge in [-0.1, -0.05) is 20.8 Å². The summed E-state index contributed by atoms with van der Waals surface area (Å²) in [5, 5.41) is 2.57. The first kappa shape index (κ1) is 15.9. The standard InChI is InChI=1S/C13H25NO3/c1-12(2,3)8-7-10(9-15)14-11(16)17-13(4,5)6/h9-10H,7-8H2,1-6H3,(H,14,16)/t10-/m1/s1. The molecule has 0 aromatic heterocycles. The summed E-state index contributed by atoms with van der Waals surface area (Å²) in [7, 11) is 0. The van der Waals surface area contributed by atoms with Gasteiger partial charge < -0.3 is 14.8 Å². The van der Waals surface area contributed by atoms with Crippen LogP contribution in [0.1, 0.15) is 54.4 Å². The van der Waals surface area contributed by atoms with Crippen molar-refractivity contribution in [2.24, 2.45) is 5.41 Å². The molecule has 0 aromatic rings. The normalized spacial score (nSPS) is 14.0. The third-order valence-electron chi connectivity index (χ3n) is 2.07. The van der Waals surface area contributed by atoms with Crippen LogP contribution in [-0.2, 0) is 9.53 Å². The summed E-state index contributed by atoms with van der Waals surface area (Å²) < 4.78 is 5.09. The number of ether oxygens (including phenoxy) is 1. The van der Waals surface area contributed by atoms with Gasteiger partial charge in [-0.2, -0.15) is 0 Å². The lowest BCUT2D eigenvalue weighted by atomic mass is 9.89. The maximum atomic E-state index is 11.5. The number of carbonyl (C=O) groups excluding carboxylic acids is 2. The summed E-state index contributed by atoms with van der Waals surface area (Å²) in [5.41, 5.74) is -0.390. The summed E-state index contributed by atoms with van der Waals surface area (Å²) in [6.07, 6.45) is 1.72. The molecule has 0 radical (unpaired) electrons. The zero-order chi connectivity index (χ0) is 13.7. The lowest BCUT2D eigenvalue weighted by Crippen LogP contribution is -2.40. The first-order valence-corrected chi connectivity index (χ1v) is 5.98. The highest BCUT2D eigenvalue weighted by atomic mass is 16.6. The fourth-order valence-electron chi connectivity index (χ4n) is 1.22. The molecule has 4 heteroatoms. The third-order valence-corrected chi connectivity index (χ3v) is 2.07. The number of carbonyl (C=O) groups is 2. The van der Waals surface area contributed by atoms with E-state index in [4.69, 9.17) is 4.74 Å². The topological polar surface area (TPSA) is 55.4 Å². The molecule has 1 N–H and O–H groups in total.